The third-order valence-corrected chi connectivity index (χ3v) is 3.15. The Bertz CT molecular complexity index is 436. The number of urea groups is 1. The largest absolute Gasteiger partial charge is 0.395 e. The molecule has 6 N–H and O–H groups in total. The molecule has 1 aromatic rings. The number of hydrogen-bond donors (Lipinski definition) is 4. The first-order valence-electron chi connectivity index (χ1n) is 6.02. The van der Waals surface area contributed by atoms with Gasteiger partial charge in [0.05, 0.1) is 12.0 Å². The lowest BCUT2D eigenvalue weighted by molar-refractivity contribution is -0.125. The lowest BCUT2D eigenvalue weighted by Crippen LogP contribution is -2.45. The zero-order valence-electron chi connectivity index (χ0n) is 10.6. The molecule has 3 amide bonds. The van der Waals surface area contributed by atoms with Crippen molar-refractivity contribution in [3.05, 3.63) is 35.9 Å². The van der Waals surface area contributed by atoms with Gasteiger partial charge < -0.3 is 21.9 Å². The standard InChI is InChI=1S/C13H19N3O3/c14-11(18)13(9-17,7-4-8-16-12(15)19)10-5-2-1-3-6-10/h1-3,5-6,17H,4,7-9H2,(H2,14,18)(H3,15,16,19). The number of amides is 3. The summed E-state index contributed by atoms with van der Waals surface area (Å²) in [7, 11) is 0. The Morgan fingerprint density at radius 1 is 1.21 bits per heavy atom. The van der Waals surface area contributed by atoms with Crippen LogP contribution in [0.5, 0.6) is 0 Å². The summed E-state index contributed by atoms with van der Waals surface area (Å²) in [5, 5.41) is 12.0. The van der Waals surface area contributed by atoms with Gasteiger partial charge in [-0.1, -0.05) is 30.3 Å². The summed E-state index contributed by atoms with van der Waals surface area (Å²) in [5.74, 6) is -0.583. The van der Waals surface area contributed by atoms with Crippen LogP contribution >= 0.6 is 0 Å². The van der Waals surface area contributed by atoms with Gasteiger partial charge in [-0.25, -0.2) is 4.79 Å². The molecule has 6 heteroatoms. The molecule has 0 saturated carbocycles. The average Bonchev–Trinajstić information content (AvgIpc) is 2.39. The Morgan fingerprint density at radius 3 is 2.32 bits per heavy atom. The summed E-state index contributed by atoms with van der Waals surface area (Å²) in [6.45, 7) is -0.0416. The maximum Gasteiger partial charge on any atom is 0.312 e. The van der Waals surface area contributed by atoms with Gasteiger partial charge in [-0.15, -0.1) is 0 Å². The summed E-state index contributed by atoms with van der Waals surface area (Å²) >= 11 is 0. The Kier molecular flexibility index (Phi) is 5.32. The molecule has 1 aromatic carbocycles. The minimum atomic E-state index is -1.12. The van der Waals surface area contributed by atoms with E-state index in [1.807, 2.05) is 6.07 Å². The third-order valence-electron chi connectivity index (χ3n) is 3.15. The Hall–Kier alpha value is -2.08. The first-order valence-corrected chi connectivity index (χ1v) is 6.02. The Balaban J connectivity index is 2.82. The maximum absolute atomic E-state index is 11.7. The number of carbonyl (C=O) groups excluding carboxylic acids is 2. The van der Waals surface area contributed by atoms with Crippen molar-refractivity contribution in [2.24, 2.45) is 11.5 Å². The molecule has 0 aliphatic rings. The number of nitrogens with one attached hydrogen (secondary N) is 1. The molecule has 0 heterocycles. The molecule has 0 fully saturated rings. The Labute approximate surface area is 111 Å². The van der Waals surface area contributed by atoms with Crippen LogP contribution in [0.1, 0.15) is 18.4 Å². The van der Waals surface area contributed by atoms with Crippen LogP contribution < -0.4 is 16.8 Å². The van der Waals surface area contributed by atoms with Crippen LogP contribution in [0.2, 0.25) is 0 Å². The van der Waals surface area contributed by atoms with E-state index >= 15 is 0 Å². The summed E-state index contributed by atoms with van der Waals surface area (Å²) in [6, 6.07) is 8.27. The van der Waals surface area contributed by atoms with Crippen LogP contribution in [-0.2, 0) is 10.2 Å². The smallest absolute Gasteiger partial charge is 0.312 e. The number of aliphatic hydroxyl groups excluding tert-OH is 1. The zero-order valence-corrected chi connectivity index (χ0v) is 10.6. The minimum Gasteiger partial charge on any atom is -0.395 e. The van der Waals surface area contributed by atoms with E-state index in [-0.39, 0.29) is 6.61 Å². The highest BCUT2D eigenvalue weighted by Gasteiger charge is 2.37. The Morgan fingerprint density at radius 2 is 1.84 bits per heavy atom. The second-order valence-electron chi connectivity index (χ2n) is 4.37. The van der Waals surface area contributed by atoms with E-state index in [0.717, 1.165) is 0 Å². The van der Waals surface area contributed by atoms with Crippen molar-refractivity contribution in [3.63, 3.8) is 0 Å². The lowest BCUT2D eigenvalue weighted by Gasteiger charge is -2.29. The molecule has 0 saturated heterocycles. The zero-order chi connectivity index (χ0) is 14.3. The van der Waals surface area contributed by atoms with Crippen molar-refractivity contribution < 1.29 is 14.7 Å². The molecule has 1 rings (SSSR count). The van der Waals surface area contributed by atoms with Crippen LogP contribution in [0.4, 0.5) is 4.79 Å². The van der Waals surface area contributed by atoms with Crippen LogP contribution in [-0.4, -0.2) is 30.2 Å². The van der Waals surface area contributed by atoms with Crippen molar-refractivity contribution >= 4 is 11.9 Å². The number of carbonyl (C=O) groups is 2. The van der Waals surface area contributed by atoms with Crippen molar-refractivity contribution in [2.75, 3.05) is 13.2 Å². The SMILES string of the molecule is NC(=O)NCCCC(CO)(C(N)=O)c1ccccc1. The monoisotopic (exact) mass is 265 g/mol. The highest BCUT2D eigenvalue weighted by atomic mass is 16.3. The van der Waals surface area contributed by atoms with Crippen molar-refractivity contribution in [1.29, 1.82) is 0 Å². The molecule has 1 atom stereocenters. The van der Waals surface area contributed by atoms with Gasteiger partial charge in [0.25, 0.3) is 0 Å². The normalized spacial score (nSPS) is 13.5. The fourth-order valence-electron chi connectivity index (χ4n) is 2.02. The lowest BCUT2D eigenvalue weighted by atomic mass is 9.76. The van der Waals surface area contributed by atoms with E-state index < -0.39 is 17.4 Å². The summed E-state index contributed by atoms with van der Waals surface area (Å²) < 4.78 is 0. The van der Waals surface area contributed by atoms with E-state index in [1.54, 1.807) is 24.3 Å². The quantitative estimate of drug-likeness (QED) is 0.513. The molecule has 0 bridgehead atoms. The number of benzene rings is 1. The van der Waals surface area contributed by atoms with E-state index in [0.29, 0.717) is 24.9 Å². The number of primary amides is 2. The summed E-state index contributed by atoms with van der Waals surface area (Å²) in [5.41, 5.74) is 9.95. The van der Waals surface area contributed by atoms with Crippen molar-refractivity contribution in [2.45, 2.75) is 18.3 Å². The van der Waals surface area contributed by atoms with Crippen molar-refractivity contribution in [3.8, 4) is 0 Å². The molecule has 0 aromatic heterocycles. The molecule has 0 aliphatic heterocycles. The molecule has 0 aliphatic carbocycles. The van der Waals surface area contributed by atoms with E-state index in [9.17, 15) is 14.7 Å². The van der Waals surface area contributed by atoms with Gasteiger partial charge in [-0.3, -0.25) is 4.79 Å². The van der Waals surface area contributed by atoms with Gasteiger partial charge in [0, 0.05) is 6.54 Å². The predicted octanol–water partition coefficient (Wildman–Crippen LogP) is -0.149. The second-order valence-corrected chi connectivity index (χ2v) is 4.37. The number of aliphatic hydroxyl groups is 1. The van der Waals surface area contributed by atoms with Gasteiger partial charge in [0.15, 0.2) is 0 Å². The van der Waals surface area contributed by atoms with Gasteiger partial charge in [0.1, 0.15) is 0 Å². The summed E-state index contributed by atoms with van der Waals surface area (Å²) in [6.07, 6.45) is 0.824. The van der Waals surface area contributed by atoms with Crippen molar-refractivity contribution in [1.82, 2.24) is 5.32 Å². The maximum atomic E-state index is 11.7. The molecular formula is C13H19N3O3. The first-order chi connectivity index (χ1) is 9.03. The molecular weight excluding hydrogens is 246 g/mol. The topological polar surface area (TPSA) is 118 Å². The molecule has 0 radical (unpaired) electrons. The first kappa shape index (κ1) is 15.0. The summed E-state index contributed by atoms with van der Waals surface area (Å²) in [4.78, 5) is 22.3. The van der Waals surface area contributed by atoms with E-state index in [4.69, 9.17) is 11.5 Å². The van der Waals surface area contributed by atoms with Gasteiger partial charge in [0.2, 0.25) is 5.91 Å². The second kappa shape index (κ2) is 6.75. The third kappa shape index (κ3) is 3.69. The molecule has 19 heavy (non-hydrogen) atoms. The van der Waals surface area contributed by atoms with Crippen LogP contribution in [0.3, 0.4) is 0 Å². The van der Waals surface area contributed by atoms with Crippen LogP contribution in [0.15, 0.2) is 30.3 Å². The molecule has 104 valence electrons. The van der Waals surface area contributed by atoms with Gasteiger partial charge >= 0.3 is 6.03 Å². The van der Waals surface area contributed by atoms with Gasteiger partial charge in [-0.05, 0) is 18.4 Å². The number of nitrogens with two attached hydrogens (primary N) is 2. The molecule has 0 spiro atoms. The van der Waals surface area contributed by atoms with Gasteiger partial charge in [-0.2, -0.15) is 0 Å². The number of hydrogen-bond acceptors (Lipinski definition) is 3. The minimum absolute atomic E-state index is 0.331. The predicted molar refractivity (Wildman–Crippen MR) is 71.2 cm³/mol. The van der Waals surface area contributed by atoms with Crippen LogP contribution in [0.25, 0.3) is 0 Å². The highest BCUT2D eigenvalue weighted by Crippen LogP contribution is 2.28. The van der Waals surface area contributed by atoms with Crippen LogP contribution in [0, 0.1) is 0 Å². The fourth-order valence-corrected chi connectivity index (χ4v) is 2.02. The highest BCUT2D eigenvalue weighted by molar-refractivity contribution is 5.86. The fraction of sp³-hybridized carbons (Fsp3) is 0.385. The van der Waals surface area contributed by atoms with E-state index in [1.165, 1.54) is 0 Å². The van der Waals surface area contributed by atoms with E-state index in [2.05, 4.69) is 5.32 Å². The molecule has 6 nitrogen and oxygen atoms in total. The molecule has 1 unspecified atom stereocenters. The average molecular weight is 265 g/mol. The number of rotatable bonds is 7.